The highest BCUT2D eigenvalue weighted by atomic mass is 35.5. The van der Waals surface area contributed by atoms with Crippen LogP contribution in [0, 0.1) is 0 Å². The molecule has 2 rings (SSSR count). The van der Waals surface area contributed by atoms with Crippen LogP contribution in [0.1, 0.15) is 53.1 Å². The first-order valence-corrected chi connectivity index (χ1v) is 9.71. The third-order valence-electron chi connectivity index (χ3n) is 4.10. The fourth-order valence-corrected chi connectivity index (χ4v) is 3.03. The number of hydrogen-bond acceptors (Lipinski definition) is 3. The average Bonchev–Trinajstić information content (AvgIpc) is 2.67. The minimum absolute atomic E-state index is 0.132. The van der Waals surface area contributed by atoms with E-state index in [-0.39, 0.29) is 11.8 Å². The fourth-order valence-electron chi connectivity index (χ4n) is 2.82. The molecule has 0 aliphatic heterocycles. The zero-order valence-corrected chi connectivity index (χ0v) is 16.6. The highest BCUT2D eigenvalue weighted by Gasteiger charge is 2.17. The van der Waals surface area contributed by atoms with Crippen molar-refractivity contribution in [1.82, 2.24) is 15.2 Å². The van der Waals surface area contributed by atoms with Crippen LogP contribution in [0.5, 0.6) is 0 Å². The highest BCUT2D eigenvalue weighted by Crippen LogP contribution is 2.11. The summed E-state index contributed by atoms with van der Waals surface area (Å²) in [5.41, 5.74) is 1.80. The number of amides is 2. The number of hydrogen-bond donors (Lipinski definition) is 1. The summed E-state index contributed by atoms with van der Waals surface area (Å²) in [7, 11) is 0. The molecule has 0 fully saturated rings. The molecule has 0 bridgehead atoms. The van der Waals surface area contributed by atoms with Crippen LogP contribution in [-0.2, 0) is 6.42 Å². The quantitative estimate of drug-likeness (QED) is 0.708. The Labute approximate surface area is 165 Å². The van der Waals surface area contributed by atoms with Crippen LogP contribution in [0.4, 0.5) is 0 Å². The second-order valence-electron chi connectivity index (χ2n) is 6.36. The Morgan fingerprint density at radius 1 is 1.11 bits per heavy atom. The van der Waals surface area contributed by atoms with Gasteiger partial charge in [-0.1, -0.05) is 37.6 Å². The molecule has 1 aromatic carbocycles. The number of rotatable bonds is 9. The van der Waals surface area contributed by atoms with E-state index in [4.69, 9.17) is 11.6 Å². The maximum atomic E-state index is 12.6. The van der Waals surface area contributed by atoms with Crippen molar-refractivity contribution in [1.29, 1.82) is 0 Å². The van der Waals surface area contributed by atoms with Gasteiger partial charge in [0, 0.05) is 36.4 Å². The minimum atomic E-state index is -0.217. The first kappa shape index (κ1) is 20.9. The number of pyridine rings is 1. The van der Waals surface area contributed by atoms with Crippen LogP contribution >= 0.6 is 11.6 Å². The summed E-state index contributed by atoms with van der Waals surface area (Å²) in [6.45, 7) is 5.93. The molecule has 144 valence electrons. The van der Waals surface area contributed by atoms with Crippen LogP contribution in [0.3, 0.4) is 0 Å². The van der Waals surface area contributed by atoms with Gasteiger partial charge in [-0.25, -0.2) is 0 Å². The summed E-state index contributed by atoms with van der Waals surface area (Å²) in [4.78, 5) is 31.0. The van der Waals surface area contributed by atoms with Gasteiger partial charge >= 0.3 is 0 Å². The van der Waals surface area contributed by atoms with Gasteiger partial charge in [0.2, 0.25) is 0 Å². The van der Waals surface area contributed by atoms with Crippen molar-refractivity contribution >= 4 is 23.4 Å². The van der Waals surface area contributed by atoms with Gasteiger partial charge in [0.05, 0.1) is 0 Å². The Morgan fingerprint density at radius 3 is 2.52 bits per heavy atom. The number of carbonyl (C=O) groups is 2. The summed E-state index contributed by atoms with van der Waals surface area (Å²) in [6, 6.07) is 10.7. The molecule has 0 saturated carbocycles. The van der Waals surface area contributed by atoms with E-state index in [0.29, 0.717) is 42.3 Å². The molecule has 0 atom stereocenters. The van der Waals surface area contributed by atoms with Crippen LogP contribution < -0.4 is 5.32 Å². The molecule has 1 N–H and O–H groups in total. The average molecular weight is 388 g/mol. The van der Waals surface area contributed by atoms with Gasteiger partial charge in [-0.3, -0.25) is 14.6 Å². The van der Waals surface area contributed by atoms with Crippen LogP contribution in [0.25, 0.3) is 0 Å². The van der Waals surface area contributed by atoms with Crippen molar-refractivity contribution in [3.05, 3.63) is 64.4 Å². The smallest absolute Gasteiger partial charge is 0.272 e. The predicted octanol–water partition coefficient (Wildman–Crippen LogP) is 3.97. The summed E-state index contributed by atoms with van der Waals surface area (Å²) in [6.07, 6.45) is 3.96. The molecule has 2 amide bonds. The van der Waals surface area contributed by atoms with Crippen molar-refractivity contribution in [3.8, 4) is 0 Å². The van der Waals surface area contributed by atoms with Crippen molar-refractivity contribution in [3.63, 3.8) is 0 Å². The van der Waals surface area contributed by atoms with Gasteiger partial charge < -0.3 is 10.2 Å². The number of aromatic nitrogens is 1. The zero-order chi connectivity index (χ0) is 19.6. The third-order valence-corrected chi connectivity index (χ3v) is 4.34. The molecule has 1 heterocycles. The van der Waals surface area contributed by atoms with E-state index in [0.717, 1.165) is 18.4 Å². The number of halogens is 1. The van der Waals surface area contributed by atoms with Crippen LogP contribution in [0.2, 0.25) is 5.02 Å². The monoisotopic (exact) mass is 387 g/mol. The van der Waals surface area contributed by atoms with Crippen LogP contribution in [0.15, 0.2) is 42.6 Å². The molecule has 1 aromatic heterocycles. The SMILES string of the molecule is CCCN(CCC)C(=O)c1cc(C(=O)NCCc2cccc(Cl)c2)ccn1. The molecular formula is C21H26ClN3O2. The van der Waals surface area contributed by atoms with Crippen molar-refractivity contribution in [2.75, 3.05) is 19.6 Å². The molecule has 0 saturated heterocycles. The molecule has 2 aromatic rings. The van der Waals surface area contributed by atoms with E-state index in [1.807, 2.05) is 38.1 Å². The number of nitrogens with zero attached hydrogens (tertiary/aromatic N) is 2. The van der Waals surface area contributed by atoms with E-state index in [1.165, 1.54) is 6.20 Å². The van der Waals surface area contributed by atoms with Gasteiger partial charge in [0.15, 0.2) is 0 Å². The van der Waals surface area contributed by atoms with Crippen molar-refractivity contribution < 1.29 is 9.59 Å². The lowest BCUT2D eigenvalue weighted by atomic mass is 10.1. The van der Waals surface area contributed by atoms with E-state index < -0.39 is 0 Å². The molecular weight excluding hydrogens is 362 g/mol. The number of carbonyl (C=O) groups excluding carboxylic acids is 2. The second-order valence-corrected chi connectivity index (χ2v) is 6.79. The summed E-state index contributed by atoms with van der Waals surface area (Å²) in [5, 5.41) is 3.56. The van der Waals surface area contributed by atoms with E-state index in [2.05, 4.69) is 10.3 Å². The zero-order valence-electron chi connectivity index (χ0n) is 15.9. The molecule has 0 unspecified atom stereocenters. The van der Waals surface area contributed by atoms with Gasteiger partial charge in [-0.05, 0) is 49.1 Å². The third kappa shape index (κ3) is 6.36. The predicted molar refractivity (Wildman–Crippen MR) is 108 cm³/mol. The Bertz CT molecular complexity index is 774. The highest BCUT2D eigenvalue weighted by molar-refractivity contribution is 6.30. The lowest BCUT2D eigenvalue weighted by Crippen LogP contribution is -2.33. The van der Waals surface area contributed by atoms with Crippen LogP contribution in [-0.4, -0.2) is 41.3 Å². The van der Waals surface area contributed by atoms with Gasteiger partial charge in [0.25, 0.3) is 11.8 Å². The molecule has 0 aliphatic carbocycles. The number of nitrogens with one attached hydrogen (secondary N) is 1. The lowest BCUT2D eigenvalue weighted by Gasteiger charge is -2.21. The molecule has 0 spiro atoms. The summed E-state index contributed by atoms with van der Waals surface area (Å²) in [5.74, 6) is -0.349. The standard InChI is InChI=1S/C21H26ClN3O2/c1-3-12-25(13-4-2)21(27)19-15-17(9-11-23-19)20(26)24-10-8-16-6-5-7-18(22)14-16/h5-7,9,11,14-15H,3-4,8,10,12-13H2,1-2H3,(H,24,26). The molecule has 27 heavy (non-hydrogen) atoms. The van der Waals surface area contributed by atoms with E-state index >= 15 is 0 Å². The minimum Gasteiger partial charge on any atom is -0.352 e. The largest absolute Gasteiger partial charge is 0.352 e. The van der Waals surface area contributed by atoms with Crippen molar-refractivity contribution in [2.24, 2.45) is 0 Å². The second kappa shape index (κ2) is 10.7. The van der Waals surface area contributed by atoms with Crippen molar-refractivity contribution in [2.45, 2.75) is 33.1 Å². The Hall–Kier alpha value is -2.40. The Balaban J connectivity index is 1.98. The topological polar surface area (TPSA) is 62.3 Å². The van der Waals surface area contributed by atoms with Gasteiger partial charge in [-0.2, -0.15) is 0 Å². The maximum Gasteiger partial charge on any atom is 0.272 e. The molecule has 6 heteroatoms. The Kier molecular flexibility index (Phi) is 8.27. The normalized spacial score (nSPS) is 10.5. The maximum absolute atomic E-state index is 12.6. The first-order valence-electron chi connectivity index (χ1n) is 9.33. The van der Waals surface area contributed by atoms with Gasteiger partial charge in [-0.15, -0.1) is 0 Å². The fraction of sp³-hybridized carbons (Fsp3) is 0.381. The molecule has 5 nitrogen and oxygen atoms in total. The number of benzene rings is 1. The van der Waals surface area contributed by atoms with Gasteiger partial charge in [0.1, 0.15) is 5.69 Å². The first-order chi connectivity index (χ1) is 13.0. The molecule has 0 aliphatic rings. The summed E-state index contributed by atoms with van der Waals surface area (Å²) < 4.78 is 0. The van der Waals surface area contributed by atoms with E-state index in [1.54, 1.807) is 17.0 Å². The summed E-state index contributed by atoms with van der Waals surface area (Å²) >= 11 is 5.97. The van der Waals surface area contributed by atoms with E-state index in [9.17, 15) is 9.59 Å². The molecule has 0 radical (unpaired) electrons. The lowest BCUT2D eigenvalue weighted by molar-refractivity contribution is 0.0749. The Morgan fingerprint density at radius 2 is 1.85 bits per heavy atom.